The highest BCUT2D eigenvalue weighted by Gasteiger charge is 2.57. The number of nitrogens with zero attached hydrogens (tertiary/aromatic N) is 1. The molecule has 0 radical (unpaired) electrons. The van der Waals surface area contributed by atoms with E-state index in [1.165, 1.54) is 47.8 Å². The molecule has 3 fully saturated rings. The molecule has 3 aliphatic rings. The number of thioether (sulfide) groups is 2. The number of rotatable bonds is 4. The molecule has 2 aliphatic carbocycles. The lowest BCUT2D eigenvalue weighted by Gasteiger charge is -2.42. The molecule has 5 rings (SSSR count). The van der Waals surface area contributed by atoms with Gasteiger partial charge in [0, 0.05) is 28.4 Å². The zero-order valence-corrected chi connectivity index (χ0v) is 19.4. The van der Waals surface area contributed by atoms with Crippen molar-refractivity contribution in [1.29, 1.82) is 0 Å². The van der Waals surface area contributed by atoms with Gasteiger partial charge in [0.25, 0.3) is 0 Å². The minimum absolute atomic E-state index is 0.0189. The maximum absolute atomic E-state index is 13.1. The number of carbonyl (C=O) groups excluding carboxylic acids is 2. The fourth-order valence-corrected chi connectivity index (χ4v) is 9.93. The highest BCUT2D eigenvalue weighted by Crippen LogP contribution is 2.65. The van der Waals surface area contributed by atoms with Crippen molar-refractivity contribution in [3.8, 4) is 10.6 Å². The number of carbonyl (C=O) groups is 2. The Morgan fingerprint density at radius 1 is 1.06 bits per heavy atom. The molecule has 31 heavy (non-hydrogen) atoms. The van der Waals surface area contributed by atoms with E-state index in [1.807, 2.05) is 5.38 Å². The van der Waals surface area contributed by atoms with Crippen LogP contribution in [0.4, 0.5) is 4.39 Å². The van der Waals surface area contributed by atoms with Gasteiger partial charge in [-0.2, -0.15) is 0 Å². The van der Waals surface area contributed by atoms with Gasteiger partial charge in [-0.15, -0.1) is 34.9 Å². The molecular formula is C22H24FN3O2S3. The molecule has 1 unspecified atom stereocenters. The topological polar surface area (TPSA) is 71.1 Å². The molecule has 3 atom stereocenters. The van der Waals surface area contributed by atoms with Crippen LogP contribution in [0.15, 0.2) is 29.6 Å². The zero-order valence-electron chi connectivity index (χ0n) is 16.9. The van der Waals surface area contributed by atoms with Gasteiger partial charge in [-0.25, -0.2) is 9.37 Å². The van der Waals surface area contributed by atoms with Crippen LogP contribution in [0.5, 0.6) is 0 Å². The van der Waals surface area contributed by atoms with E-state index >= 15 is 0 Å². The van der Waals surface area contributed by atoms with Crippen LogP contribution in [0.25, 0.3) is 10.6 Å². The monoisotopic (exact) mass is 477 g/mol. The summed E-state index contributed by atoms with van der Waals surface area (Å²) in [5, 5.41) is 2.55. The highest BCUT2D eigenvalue weighted by molar-refractivity contribution is 8.21. The summed E-state index contributed by atoms with van der Waals surface area (Å²) in [4.78, 5) is 29.5. The summed E-state index contributed by atoms with van der Waals surface area (Å²) >= 11 is 5.64. The van der Waals surface area contributed by atoms with E-state index in [0.29, 0.717) is 21.6 Å². The molecule has 1 aromatic heterocycles. The number of hydrazine groups is 1. The van der Waals surface area contributed by atoms with Gasteiger partial charge in [0.05, 0.1) is 16.2 Å². The van der Waals surface area contributed by atoms with Gasteiger partial charge in [0.2, 0.25) is 11.8 Å². The van der Waals surface area contributed by atoms with Crippen LogP contribution in [0.2, 0.25) is 0 Å². The quantitative estimate of drug-likeness (QED) is 0.644. The second-order valence-electron chi connectivity index (χ2n) is 8.42. The van der Waals surface area contributed by atoms with Crippen LogP contribution in [-0.2, 0) is 16.0 Å². The number of hydrogen-bond donors (Lipinski definition) is 2. The van der Waals surface area contributed by atoms with Gasteiger partial charge in [-0.1, -0.05) is 0 Å². The van der Waals surface area contributed by atoms with Crippen LogP contribution in [0.3, 0.4) is 0 Å². The van der Waals surface area contributed by atoms with Crippen molar-refractivity contribution in [2.45, 2.75) is 36.2 Å². The molecule has 1 aromatic carbocycles. The molecule has 164 valence electrons. The average Bonchev–Trinajstić information content (AvgIpc) is 3.47. The second-order valence-corrected chi connectivity index (χ2v) is 12.3. The lowest BCUT2D eigenvalue weighted by atomic mass is 9.79. The van der Waals surface area contributed by atoms with Crippen LogP contribution in [-0.4, -0.2) is 32.4 Å². The van der Waals surface area contributed by atoms with Crippen molar-refractivity contribution in [3.05, 3.63) is 41.2 Å². The van der Waals surface area contributed by atoms with Crippen molar-refractivity contribution in [1.82, 2.24) is 15.8 Å². The molecule has 2 amide bonds. The van der Waals surface area contributed by atoms with Crippen molar-refractivity contribution < 1.29 is 14.0 Å². The van der Waals surface area contributed by atoms with Gasteiger partial charge in [-0.05, 0) is 61.8 Å². The van der Waals surface area contributed by atoms with E-state index < -0.39 is 0 Å². The Morgan fingerprint density at radius 2 is 1.74 bits per heavy atom. The van der Waals surface area contributed by atoms with E-state index in [0.717, 1.165) is 23.4 Å². The lowest BCUT2D eigenvalue weighted by molar-refractivity contribution is -0.132. The minimum Gasteiger partial charge on any atom is -0.273 e. The fourth-order valence-electron chi connectivity index (χ4n) is 5.17. The molecule has 1 saturated heterocycles. The first-order chi connectivity index (χ1) is 15.0. The summed E-state index contributed by atoms with van der Waals surface area (Å²) in [6, 6.07) is 6.12. The van der Waals surface area contributed by atoms with E-state index in [-0.39, 0.29) is 30.0 Å². The number of aromatic nitrogens is 1. The van der Waals surface area contributed by atoms with E-state index in [9.17, 15) is 14.0 Å². The summed E-state index contributed by atoms with van der Waals surface area (Å²) in [5.74, 6) is 2.99. The maximum atomic E-state index is 13.1. The molecule has 2 bridgehead atoms. The molecule has 9 heteroatoms. The first-order valence-corrected chi connectivity index (χ1v) is 13.5. The second kappa shape index (κ2) is 8.75. The molecular weight excluding hydrogens is 453 g/mol. The van der Waals surface area contributed by atoms with Gasteiger partial charge in [0.1, 0.15) is 10.8 Å². The van der Waals surface area contributed by atoms with E-state index in [2.05, 4.69) is 39.4 Å². The molecule has 2 aromatic rings. The predicted octanol–water partition coefficient (Wildman–Crippen LogP) is 4.25. The standard InChI is InChI=1S/C22H24FN3O2S3/c23-17-5-1-13(2-6-17)21-24-18(12-29-21)11-19(27)25-26-20(28)14-9-15-3-4-16(10-14)22(15)30-7-8-31-22/h1-2,5-6,12,14-16H,3-4,7-11H2,(H,25,27)(H,26,28)/t14?,15-,16+. The molecule has 1 spiro atoms. The largest absolute Gasteiger partial charge is 0.273 e. The van der Waals surface area contributed by atoms with Crippen LogP contribution < -0.4 is 10.9 Å². The average molecular weight is 478 g/mol. The first-order valence-electron chi connectivity index (χ1n) is 10.6. The zero-order chi connectivity index (χ0) is 21.4. The van der Waals surface area contributed by atoms with Gasteiger partial charge < -0.3 is 0 Å². The molecule has 2 heterocycles. The van der Waals surface area contributed by atoms with Crippen LogP contribution in [0.1, 0.15) is 31.4 Å². The summed E-state index contributed by atoms with van der Waals surface area (Å²) in [5.41, 5.74) is 6.65. The van der Waals surface area contributed by atoms with Crippen molar-refractivity contribution in [2.75, 3.05) is 11.5 Å². The van der Waals surface area contributed by atoms with E-state index in [1.54, 1.807) is 12.1 Å². The Bertz CT molecular complexity index is 959. The Balaban J connectivity index is 1.12. The smallest absolute Gasteiger partial charge is 0.244 e. The number of nitrogens with one attached hydrogen (secondary N) is 2. The number of halogens is 1. The van der Waals surface area contributed by atoms with Crippen LogP contribution in [0, 0.1) is 23.6 Å². The summed E-state index contributed by atoms with van der Waals surface area (Å²) < 4.78 is 13.4. The summed E-state index contributed by atoms with van der Waals surface area (Å²) in [6.45, 7) is 0. The van der Waals surface area contributed by atoms with Crippen molar-refractivity contribution in [3.63, 3.8) is 0 Å². The number of thiazole rings is 1. The van der Waals surface area contributed by atoms with Crippen molar-refractivity contribution in [2.24, 2.45) is 17.8 Å². The summed E-state index contributed by atoms with van der Waals surface area (Å²) in [6.07, 6.45) is 4.38. The third-order valence-corrected chi connectivity index (χ3v) is 11.5. The third kappa shape index (κ3) is 4.24. The van der Waals surface area contributed by atoms with E-state index in [4.69, 9.17) is 0 Å². The van der Waals surface area contributed by atoms with Crippen LogP contribution >= 0.6 is 34.9 Å². The number of benzene rings is 1. The lowest BCUT2D eigenvalue weighted by Crippen LogP contribution is -2.48. The van der Waals surface area contributed by atoms with Gasteiger partial charge in [0.15, 0.2) is 0 Å². The van der Waals surface area contributed by atoms with Gasteiger partial charge in [-0.3, -0.25) is 20.4 Å². The van der Waals surface area contributed by atoms with Gasteiger partial charge >= 0.3 is 0 Å². The highest BCUT2D eigenvalue weighted by atomic mass is 32.2. The summed E-state index contributed by atoms with van der Waals surface area (Å²) in [7, 11) is 0. The number of hydrogen-bond acceptors (Lipinski definition) is 6. The first kappa shape index (κ1) is 21.3. The Labute approximate surface area is 193 Å². The Morgan fingerprint density at radius 3 is 2.42 bits per heavy atom. The molecule has 2 N–H and O–H groups in total. The molecule has 5 nitrogen and oxygen atoms in total. The Kier molecular flexibility index (Phi) is 6.00. The minimum atomic E-state index is -0.294. The molecule has 2 saturated carbocycles. The SMILES string of the molecule is O=C(Cc1csc(-c2ccc(F)cc2)n1)NNC(=O)C1C[C@H]2CC[C@@H](C1)C21SCCS1. The third-order valence-electron chi connectivity index (χ3n) is 6.56. The normalized spacial score (nSPS) is 26.2. The number of amides is 2. The Hall–Kier alpha value is -1.58. The van der Waals surface area contributed by atoms with Crippen molar-refractivity contribution >= 4 is 46.7 Å². The fraction of sp³-hybridized carbons (Fsp3) is 0.500. The molecule has 1 aliphatic heterocycles. The maximum Gasteiger partial charge on any atom is 0.244 e. The predicted molar refractivity (Wildman–Crippen MR) is 124 cm³/mol.